The molecule has 1 fully saturated rings. The van der Waals surface area contributed by atoms with Crippen LogP contribution in [0.2, 0.25) is 0 Å². The van der Waals surface area contributed by atoms with Crippen molar-refractivity contribution in [3.8, 4) is 0 Å². The zero-order chi connectivity index (χ0) is 15.2. The first-order valence-corrected chi connectivity index (χ1v) is 8.53. The molecule has 0 aromatic carbocycles. The van der Waals surface area contributed by atoms with Crippen molar-refractivity contribution >= 4 is 19.3 Å². The summed E-state index contributed by atoms with van der Waals surface area (Å²) in [4.78, 5) is 23.4. The van der Waals surface area contributed by atoms with E-state index in [1.54, 1.807) is 13.8 Å². The summed E-state index contributed by atoms with van der Waals surface area (Å²) in [5, 5.41) is 11.9. The lowest BCUT2D eigenvalue weighted by Gasteiger charge is -2.29. The maximum atomic E-state index is 12.3. The van der Waals surface area contributed by atoms with Gasteiger partial charge in [-0.15, -0.1) is 0 Å². The monoisotopic (exact) mass is 307 g/mol. The third-order valence-corrected chi connectivity index (χ3v) is 5.14. The van der Waals surface area contributed by atoms with Gasteiger partial charge in [0.2, 0.25) is 0 Å². The molecule has 0 aliphatic carbocycles. The van der Waals surface area contributed by atoms with E-state index < -0.39 is 25.5 Å². The van der Waals surface area contributed by atoms with Gasteiger partial charge in [0.25, 0.3) is 0 Å². The molecule has 0 aromatic heterocycles. The van der Waals surface area contributed by atoms with Gasteiger partial charge in [-0.2, -0.15) is 0 Å². The van der Waals surface area contributed by atoms with Crippen LogP contribution in [0.4, 0.5) is 0 Å². The molecule has 0 aromatic rings. The SMILES string of the molecule is CCOP(=O)(CC(=O)C1CCCNC1C(=O)O)OCC. The van der Waals surface area contributed by atoms with Crippen molar-refractivity contribution < 1.29 is 28.3 Å². The molecule has 8 heteroatoms. The second kappa shape index (κ2) is 7.88. The van der Waals surface area contributed by atoms with Gasteiger partial charge in [0.15, 0.2) is 0 Å². The van der Waals surface area contributed by atoms with Gasteiger partial charge in [-0.1, -0.05) is 0 Å². The molecule has 1 rings (SSSR count). The summed E-state index contributed by atoms with van der Waals surface area (Å²) >= 11 is 0. The van der Waals surface area contributed by atoms with E-state index in [9.17, 15) is 14.2 Å². The number of hydrogen-bond acceptors (Lipinski definition) is 6. The van der Waals surface area contributed by atoms with Crippen LogP contribution in [0.15, 0.2) is 0 Å². The Morgan fingerprint density at radius 3 is 2.40 bits per heavy atom. The van der Waals surface area contributed by atoms with Gasteiger partial charge < -0.3 is 19.5 Å². The summed E-state index contributed by atoms with van der Waals surface area (Å²) in [6, 6.07) is -0.923. The van der Waals surface area contributed by atoms with Crippen LogP contribution in [0.1, 0.15) is 26.7 Å². The van der Waals surface area contributed by atoms with Crippen LogP contribution in [0.5, 0.6) is 0 Å². The third-order valence-electron chi connectivity index (χ3n) is 3.14. The van der Waals surface area contributed by atoms with E-state index in [4.69, 9.17) is 14.2 Å². The molecule has 1 aliphatic heterocycles. The van der Waals surface area contributed by atoms with Crippen LogP contribution in [-0.2, 0) is 23.2 Å². The highest BCUT2D eigenvalue weighted by molar-refractivity contribution is 7.54. The van der Waals surface area contributed by atoms with Crippen molar-refractivity contribution in [3.63, 3.8) is 0 Å². The highest BCUT2D eigenvalue weighted by Gasteiger charge is 2.39. The highest BCUT2D eigenvalue weighted by atomic mass is 31.2. The first-order valence-electron chi connectivity index (χ1n) is 6.80. The molecular formula is C12H22NO6P. The molecule has 2 N–H and O–H groups in total. The quantitative estimate of drug-likeness (QED) is 0.651. The van der Waals surface area contributed by atoms with E-state index >= 15 is 0 Å². The number of nitrogens with one attached hydrogen (secondary N) is 1. The van der Waals surface area contributed by atoms with Crippen molar-refractivity contribution in [2.75, 3.05) is 25.9 Å². The first kappa shape index (κ1) is 17.3. The molecular weight excluding hydrogens is 285 g/mol. The molecule has 7 nitrogen and oxygen atoms in total. The average molecular weight is 307 g/mol. The van der Waals surface area contributed by atoms with Crippen molar-refractivity contribution in [2.45, 2.75) is 32.7 Å². The number of rotatable bonds is 8. The second-order valence-corrected chi connectivity index (χ2v) is 6.64. The first-order chi connectivity index (χ1) is 9.43. The van der Waals surface area contributed by atoms with Gasteiger partial charge in [0, 0.05) is 5.92 Å². The van der Waals surface area contributed by atoms with Crippen LogP contribution < -0.4 is 5.32 Å². The molecule has 0 bridgehead atoms. The number of piperidine rings is 1. The van der Waals surface area contributed by atoms with Crippen LogP contribution in [0.25, 0.3) is 0 Å². The number of carboxylic acids is 1. The summed E-state index contributed by atoms with van der Waals surface area (Å²) in [5.74, 6) is -2.13. The molecule has 1 saturated heterocycles. The van der Waals surface area contributed by atoms with E-state index in [2.05, 4.69) is 5.32 Å². The number of hydrogen-bond donors (Lipinski definition) is 2. The molecule has 116 valence electrons. The standard InChI is InChI=1S/C12H22NO6P/c1-3-18-20(17,19-4-2)8-10(14)9-6-5-7-13-11(9)12(15)16/h9,11,13H,3-8H2,1-2H3,(H,15,16). The zero-order valence-corrected chi connectivity index (χ0v) is 12.7. The predicted molar refractivity (Wildman–Crippen MR) is 72.9 cm³/mol. The van der Waals surface area contributed by atoms with E-state index in [0.717, 1.165) is 0 Å². The summed E-state index contributed by atoms with van der Waals surface area (Å²) in [6.07, 6.45) is 0.819. The van der Waals surface area contributed by atoms with Gasteiger partial charge in [-0.05, 0) is 33.2 Å². The maximum absolute atomic E-state index is 12.3. The Balaban J connectivity index is 2.76. The second-order valence-electron chi connectivity index (χ2n) is 4.59. The number of aliphatic carboxylic acids is 1. The Hall–Kier alpha value is -0.750. The smallest absolute Gasteiger partial charge is 0.338 e. The number of Topliss-reactive ketones (excluding diaryl/α,β-unsaturated/α-hetero) is 1. The average Bonchev–Trinajstić information content (AvgIpc) is 2.38. The molecule has 0 amide bonds. The van der Waals surface area contributed by atoms with Gasteiger partial charge in [0.05, 0.1) is 13.2 Å². The minimum absolute atomic E-state index is 0.176. The van der Waals surface area contributed by atoms with Crippen LogP contribution in [-0.4, -0.2) is 48.8 Å². The lowest BCUT2D eigenvalue weighted by atomic mass is 9.88. The molecule has 20 heavy (non-hydrogen) atoms. The fraction of sp³-hybridized carbons (Fsp3) is 0.833. The molecule has 2 unspecified atom stereocenters. The minimum Gasteiger partial charge on any atom is -0.480 e. The Bertz CT molecular complexity index is 389. The van der Waals surface area contributed by atoms with Crippen molar-refractivity contribution in [2.24, 2.45) is 5.92 Å². The maximum Gasteiger partial charge on any atom is 0.338 e. The zero-order valence-electron chi connectivity index (χ0n) is 11.8. The minimum atomic E-state index is -3.47. The Morgan fingerprint density at radius 1 is 1.30 bits per heavy atom. The molecule has 1 heterocycles. The molecule has 0 spiro atoms. The van der Waals surface area contributed by atoms with E-state index in [0.29, 0.717) is 19.4 Å². The largest absolute Gasteiger partial charge is 0.480 e. The number of carboxylic acid groups (broad SMARTS) is 1. The normalized spacial score (nSPS) is 23.5. The molecule has 0 radical (unpaired) electrons. The lowest BCUT2D eigenvalue weighted by molar-refractivity contribution is -0.144. The fourth-order valence-corrected chi connectivity index (χ4v) is 3.98. The third kappa shape index (κ3) is 4.66. The fourth-order valence-electron chi connectivity index (χ4n) is 2.32. The van der Waals surface area contributed by atoms with Crippen LogP contribution >= 0.6 is 7.60 Å². The number of carbonyl (C=O) groups excluding carboxylic acids is 1. The highest BCUT2D eigenvalue weighted by Crippen LogP contribution is 2.48. The number of carbonyl (C=O) groups is 2. The molecule has 1 aliphatic rings. The van der Waals surface area contributed by atoms with Gasteiger partial charge >= 0.3 is 13.6 Å². The van der Waals surface area contributed by atoms with Gasteiger partial charge in [-0.25, -0.2) is 0 Å². The van der Waals surface area contributed by atoms with E-state index in [1.807, 2.05) is 0 Å². The van der Waals surface area contributed by atoms with Gasteiger partial charge in [0.1, 0.15) is 18.0 Å². The van der Waals surface area contributed by atoms with Crippen molar-refractivity contribution in [1.29, 1.82) is 0 Å². The summed E-state index contributed by atoms with van der Waals surface area (Å²) < 4.78 is 22.5. The topological polar surface area (TPSA) is 102 Å². The summed E-state index contributed by atoms with van der Waals surface area (Å²) in [6.45, 7) is 4.25. The molecule has 0 saturated carbocycles. The summed E-state index contributed by atoms with van der Waals surface area (Å²) in [7, 11) is -3.47. The van der Waals surface area contributed by atoms with Crippen LogP contribution in [0.3, 0.4) is 0 Å². The van der Waals surface area contributed by atoms with Crippen LogP contribution in [0, 0.1) is 5.92 Å². The predicted octanol–water partition coefficient (Wildman–Crippen LogP) is 1.27. The lowest BCUT2D eigenvalue weighted by Crippen LogP contribution is -2.50. The number of ketones is 1. The Labute approximate surface area is 118 Å². The summed E-state index contributed by atoms with van der Waals surface area (Å²) in [5.41, 5.74) is 0. The Morgan fingerprint density at radius 2 is 1.90 bits per heavy atom. The van der Waals surface area contributed by atoms with E-state index in [-0.39, 0.29) is 25.2 Å². The van der Waals surface area contributed by atoms with Crippen molar-refractivity contribution in [3.05, 3.63) is 0 Å². The molecule has 2 atom stereocenters. The Kier molecular flexibility index (Phi) is 6.82. The van der Waals surface area contributed by atoms with E-state index in [1.165, 1.54) is 0 Å². The van der Waals surface area contributed by atoms with Crippen molar-refractivity contribution in [1.82, 2.24) is 5.32 Å². The van der Waals surface area contributed by atoms with Gasteiger partial charge in [-0.3, -0.25) is 14.2 Å².